The standard InChI is InChI=1S/C14H17F2N3OS/c1-19-4-2-14(3-5-19,13(17)21)18-12(20)9-6-10(15)8-11(16)7-9/h6-8H,2-5H2,1H3,(H2,17,21)(H,18,20). The van der Waals surface area contributed by atoms with Gasteiger partial charge in [0.05, 0.1) is 10.5 Å². The third-order valence-electron chi connectivity index (χ3n) is 3.79. The molecular weight excluding hydrogens is 296 g/mol. The lowest BCUT2D eigenvalue weighted by atomic mass is 9.87. The number of benzene rings is 1. The normalized spacial score (nSPS) is 18.2. The van der Waals surface area contributed by atoms with Gasteiger partial charge in [-0.2, -0.15) is 0 Å². The highest BCUT2D eigenvalue weighted by molar-refractivity contribution is 7.80. The van der Waals surface area contributed by atoms with E-state index in [2.05, 4.69) is 10.2 Å². The number of nitrogens with zero attached hydrogens (tertiary/aromatic N) is 1. The summed E-state index contributed by atoms with van der Waals surface area (Å²) >= 11 is 5.08. The van der Waals surface area contributed by atoms with Crippen molar-refractivity contribution in [2.24, 2.45) is 5.73 Å². The minimum absolute atomic E-state index is 0.0814. The molecule has 0 aromatic heterocycles. The van der Waals surface area contributed by atoms with Crippen molar-refractivity contribution in [2.45, 2.75) is 18.4 Å². The third-order valence-corrected chi connectivity index (χ3v) is 4.18. The van der Waals surface area contributed by atoms with Crippen LogP contribution >= 0.6 is 12.2 Å². The summed E-state index contributed by atoms with van der Waals surface area (Å²) in [6.45, 7) is 1.46. The minimum atomic E-state index is -0.804. The summed E-state index contributed by atoms with van der Waals surface area (Å²) in [5.74, 6) is -2.17. The highest BCUT2D eigenvalue weighted by atomic mass is 32.1. The van der Waals surface area contributed by atoms with Crippen LogP contribution in [0.5, 0.6) is 0 Å². The molecule has 1 fully saturated rings. The molecule has 1 saturated heterocycles. The largest absolute Gasteiger partial charge is 0.391 e. The molecule has 4 nitrogen and oxygen atoms in total. The fourth-order valence-electron chi connectivity index (χ4n) is 2.41. The fraction of sp³-hybridized carbons (Fsp3) is 0.429. The molecule has 0 saturated carbocycles. The van der Waals surface area contributed by atoms with Crippen LogP contribution in [0.3, 0.4) is 0 Å². The molecule has 1 aliphatic rings. The first-order valence-electron chi connectivity index (χ1n) is 6.59. The van der Waals surface area contributed by atoms with Crippen molar-refractivity contribution in [1.29, 1.82) is 0 Å². The SMILES string of the molecule is CN1CCC(NC(=O)c2cc(F)cc(F)c2)(C(N)=S)CC1. The maximum atomic E-state index is 13.2. The molecule has 1 aliphatic heterocycles. The molecule has 1 amide bonds. The molecule has 1 heterocycles. The molecule has 21 heavy (non-hydrogen) atoms. The molecule has 0 radical (unpaired) electrons. The Morgan fingerprint density at radius 2 is 1.81 bits per heavy atom. The second-order valence-electron chi connectivity index (χ2n) is 5.36. The summed E-state index contributed by atoms with van der Waals surface area (Å²) in [4.78, 5) is 14.5. The van der Waals surface area contributed by atoms with Crippen LogP contribution < -0.4 is 11.1 Å². The Morgan fingerprint density at radius 1 is 1.29 bits per heavy atom. The van der Waals surface area contributed by atoms with Crippen LogP contribution in [0.25, 0.3) is 0 Å². The molecule has 0 spiro atoms. The predicted octanol–water partition coefficient (Wildman–Crippen LogP) is 1.45. The van der Waals surface area contributed by atoms with Crippen molar-refractivity contribution >= 4 is 23.1 Å². The van der Waals surface area contributed by atoms with Gasteiger partial charge in [-0.05, 0) is 32.0 Å². The Hall–Kier alpha value is -1.60. The van der Waals surface area contributed by atoms with E-state index in [1.165, 1.54) is 0 Å². The number of hydrogen-bond donors (Lipinski definition) is 2. The van der Waals surface area contributed by atoms with E-state index in [4.69, 9.17) is 18.0 Å². The molecule has 0 unspecified atom stereocenters. The summed E-state index contributed by atoms with van der Waals surface area (Å²) in [6.07, 6.45) is 1.14. The molecule has 1 aromatic rings. The lowest BCUT2D eigenvalue weighted by molar-refractivity contribution is 0.0889. The lowest BCUT2D eigenvalue weighted by Crippen LogP contribution is -2.61. The number of piperidine rings is 1. The van der Waals surface area contributed by atoms with E-state index in [1.54, 1.807) is 0 Å². The van der Waals surface area contributed by atoms with Gasteiger partial charge in [0, 0.05) is 24.7 Å². The van der Waals surface area contributed by atoms with E-state index in [9.17, 15) is 13.6 Å². The Morgan fingerprint density at radius 3 is 2.29 bits per heavy atom. The zero-order valence-electron chi connectivity index (χ0n) is 11.7. The van der Waals surface area contributed by atoms with Crippen LogP contribution in [0.1, 0.15) is 23.2 Å². The van der Waals surface area contributed by atoms with Gasteiger partial charge in [0.1, 0.15) is 11.6 Å². The van der Waals surface area contributed by atoms with Crippen LogP contribution in [-0.4, -0.2) is 41.5 Å². The van der Waals surface area contributed by atoms with Crippen molar-refractivity contribution in [3.63, 3.8) is 0 Å². The van der Waals surface area contributed by atoms with E-state index in [1.807, 2.05) is 7.05 Å². The molecule has 114 valence electrons. The fourth-order valence-corrected chi connectivity index (χ4v) is 2.66. The van der Waals surface area contributed by atoms with Crippen LogP contribution in [0.4, 0.5) is 8.78 Å². The quantitative estimate of drug-likeness (QED) is 0.829. The first kappa shape index (κ1) is 15.8. The van der Waals surface area contributed by atoms with Gasteiger partial charge < -0.3 is 16.0 Å². The number of hydrogen-bond acceptors (Lipinski definition) is 3. The summed E-state index contributed by atoms with van der Waals surface area (Å²) in [5.41, 5.74) is 4.90. The molecule has 0 aliphatic carbocycles. The number of likely N-dealkylation sites (tertiary alicyclic amines) is 1. The first-order valence-corrected chi connectivity index (χ1v) is 7.00. The topological polar surface area (TPSA) is 58.4 Å². The van der Waals surface area contributed by atoms with Crippen molar-refractivity contribution in [3.8, 4) is 0 Å². The zero-order valence-corrected chi connectivity index (χ0v) is 12.5. The van der Waals surface area contributed by atoms with Crippen LogP contribution in [0.15, 0.2) is 18.2 Å². The van der Waals surface area contributed by atoms with Crippen molar-refractivity contribution in [3.05, 3.63) is 35.4 Å². The highest BCUT2D eigenvalue weighted by Crippen LogP contribution is 2.23. The number of nitrogens with two attached hydrogens (primary N) is 1. The van der Waals surface area contributed by atoms with E-state index in [0.29, 0.717) is 12.8 Å². The number of amides is 1. The Kier molecular flexibility index (Phi) is 4.53. The van der Waals surface area contributed by atoms with Crippen molar-refractivity contribution in [2.75, 3.05) is 20.1 Å². The molecule has 1 aromatic carbocycles. The van der Waals surface area contributed by atoms with Gasteiger partial charge >= 0.3 is 0 Å². The van der Waals surface area contributed by atoms with Gasteiger partial charge in [0.2, 0.25) is 0 Å². The Balaban J connectivity index is 2.21. The summed E-state index contributed by atoms with van der Waals surface area (Å²) in [5, 5.41) is 2.76. The maximum absolute atomic E-state index is 13.2. The van der Waals surface area contributed by atoms with E-state index in [-0.39, 0.29) is 10.6 Å². The maximum Gasteiger partial charge on any atom is 0.252 e. The predicted molar refractivity (Wildman–Crippen MR) is 80.1 cm³/mol. The second kappa shape index (κ2) is 6.03. The average Bonchev–Trinajstić information content (AvgIpc) is 2.40. The number of carbonyl (C=O) groups excluding carboxylic acids is 1. The molecular formula is C14H17F2N3OS. The summed E-state index contributed by atoms with van der Waals surface area (Å²) in [6, 6.07) is 2.69. The average molecular weight is 313 g/mol. The van der Waals surface area contributed by atoms with E-state index < -0.39 is 23.1 Å². The summed E-state index contributed by atoms with van der Waals surface area (Å²) in [7, 11) is 1.97. The number of rotatable bonds is 3. The number of thiocarbonyl (C=S) groups is 1. The van der Waals surface area contributed by atoms with Gasteiger partial charge in [0.25, 0.3) is 5.91 Å². The smallest absolute Gasteiger partial charge is 0.252 e. The van der Waals surface area contributed by atoms with Gasteiger partial charge in [-0.25, -0.2) is 8.78 Å². The monoisotopic (exact) mass is 313 g/mol. The van der Waals surface area contributed by atoms with E-state index >= 15 is 0 Å². The molecule has 0 bridgehead atoms. The van der Waals surface area contributed by atoms with Gasteiger partial charge in [-0.3, -0.25) is 4.79 Å². The first-order chi connectivity index (χ1) is 9.82. The molecule has 3 N–H and O–H groups in total. The summed E-state index contributed by atoms with van der Waals surface area (Å²) < 4.78 is 26.4. The van der Waals surface area contributed by atoms with E-state index in [0.717, 1.165) is 31.3 Å². The molecule has 2 rings (SSSR count). The van der Waals surface area contributed by atoms with Crippen molar-refractivity contribution < 1.29 is 13.6 Å². The minimum Gasteiger partial charge on any atom is -0.391 e. The lowest BCUT2D eigenvalue weighted by Gasteiger charge is -2.40. The van der Waals surface area contributed by atoms with Gasteiger partial charge in [-0.1, -0.05) is 12.2 Å². The molecule has 0 atom stereocenters. The number of halogens is 2. The Bertz CT molecular complexity index is 551. The third kappa shape index (κ3) is 3.54. The Labute approximate surface area is 127 Å². The number of nitrogens with one attached hydrogen (secondary N) is 1. The van der Waals surface area contributed by atoms with Crippen LogP contribution in [0.2, 0.25) is 0 Å². The van der Waals surface area contributed by atoms with Gasteiger partial charge in [-0.15, -0.1) is 0 Å². The van der Waals surface area contributed by atoms with Crippen LogP contribution in [-0.2, 0) is 0 Å². The zero-order chi connectivity index (χ0) is 15.6. The second-order valence-corrected chi connectivity index (χ2v) is 5.80. The van der Waals surface area contributed by atoms with Crippen molar-refractivity contribution in [1.82, 2.24) is 10.2 Å². The number of carbonyl (C=O) groups is 1. The van der Waals surface area contributed by atoms with Gasteiger partial charge in [0.15, 0.2) is 0 Å². The molecule has 7 heteroatoms. The highest BCUT2D eigenvalue weighted by Gasteiger charge is 2.38. The van der Waals surface area contributed by atoms with Crippen LogP contribution in [0, 0.1) is 11.6 Å².